The minimum absolute atomic E-state index is 0.0768. The second kappa shape index (κ2) is 6.56. The third-order valence-electron chi connectivity index (χ3n) is 5.35. The lowest BCUT2D eigenvalue weighted by molar-refractivity contribution is -0.123. The molecule has 7 nitrogen and oxygen atoms in total. The van der Waals surface area contributed by atoms with Crippen LogP contribution in [0.5, 0.6) is 0 Å². The number of benzene rings is 2. The lowest BCUT2D eigenvalue weighted by atomic mass is 10.2. The lowest BCUT2D eigenvalue weighted by Gasteiger charge is -2.12. The molecule has 0 saturated heterocycles. The number of nitrogens with one attached hydrogen (secondary N) is 1. The number of aryl methyl sites for hydroxylation is 1. The van der Waals surface area contributed by atoms with E-state index >= 15 is 0 Å². The van der Waals surface area contributed by atoms with Crippen molar-refractivity contribution in [1.82, 2.24) is 20.0 Å². The van der Waals surface area contributed by atoms with Crippen LogP contribution < -0.4 is 11.1 Å². The van der Waals surface area contributed by atoms with Crippen molar-refractivity contribution in [3.63, 3.8) is 0 Å². The maximum atomic E-state index is 12.0. The van der Waals surface area contributed by atoms with Crippen LogP contribution in [0.1, 0.15) is 24.2 Å². The van der Waals surface area contributed by atoms with E-state index in [1.54, 1.807) is 6.92 Å². The van der Waals surface area contributed by atoms with Crippen LogP contribution in [0.2, 0.25) is 0 Å². The first kappa shape index (κ1) is 17.6. The first-order chi connectivity index (χ1) is 14.0. The van der Waals surface area contributed by atoms with Gasteiger partial charge in [-0.2, -0.15) is 4.98 Å². The Morgan fingerprint density at radius 3 is 2.66 bits per heavy atom. The fraction of sp³-hybridized carbons (Fsp3) is 0.227. The zero-order valence-electron chi connectivity index (χ0n) is 16.1. The van der Waals surface area contributed by atoms with E-state index in [-0.39, 0.29) is 5.91 Å². The standard InChI is InChI=1S/C22H21N5O2/c1-14-25-20(29-26-14)19-12-16-4-2-3-5-18(16)27(19)17-8-6-15(7-9-17)13-24-21(28)22(23)10-11-22/h2-9,12H,10-11,13,23H2,1H3,(H,24,28). The van der Waals surface area contributed by atoms with Crippen molar-refractivity contribution >= 4 is 16.8 Å². The monoisotopic (exact) mass is 387 g/mol. The number of amides is 1. The van der Waals surface area contributed by atoms with Crippen LogP contribution in [0.15, 0.2) is 59.1 Å². The molecule has 0 unspecified atom stereocenters. The zero-order chi connectivity index (χ0) is 20.0. The van der Waals surface area contributed by atoms with Crippen molar-refractivity contribution in [3.8, 4) is 17.3 Å². The van der Waals surface area contributed by atoms with E-state index in [4.69, 9.17) is 10.3 Å². The van der Waals surface area contributed by atoms with Gasteiger partial charge in [0.2, 0.25) is 5.91 Å². The summed E-state index contributed by atoms with van der Waals surface area (Å²) in [6.07, 6.45) is 1.52. The molecule has 2 heterocycles. The number of fused-ring (bicyclic) bond motifs is 1. The molecule has 4 aromatic rings. The molecule has 29 heavy (non-hydrogen) atoms. The molecule has 0 bridgehead atoms. The Balaban J connectivity index is 1.48. The number of carbonyl (C=O) groups excluding carboxylic acids is 1. The number of carbonyl (C=O) groups is 1. The number of rotatable bonds is 5. The van der Waals surface area contributed by atoms with Gasteiger partial charge in [0.25, 0.3) is 5.89 Å². The normalized spacial score (nSPS) is 14.8. The molecule has 0 radical (unpaired) electrons. The minimum Gasteiger partial charge on any atom is -0.350 e. The van der Waals surface area contributed by atoms with Crippen LogP contribution in [0.4, 0.5) is 0 Å². The van der Waals surface area contributed by atoms with Crippen molar-refractivity contribution in [3.05, 3.63) is 66.0 Å². The smallest absolute Gasteiger partial charge is 0.274 e. The zero-order valence-corrected chi connectivity index (χ0v) is 16.1. The van der Waals surface area contributed by atoms with Gasteiger partial charge in [0, 0.05) is 17.6 Å². The highest BCUT2D eigenvalue weighted by Crippen LogP contribution is 2.32. The molecular weight excluding hydrogens is 366 g/mol. The highest BCUT2D eigenvalue weighted by atomic mass is 16.5. The summed E-state index contributed by atoms with van der Waals surface area (Å²) in [5.74, 6) is 0.996. The molecule has 0 spiro atoms. The van der Waals surface area contributed by atoms with E-state index in [0.29, 0.717) is 18.3 Å². The van der Waals surface area contributed by atoms with Crippen LogP contribution in [-0.2, 0) is 11.3 Å². The van der Waals surface area contributed by atoms with Gasteiger partial charge in [-0.25, -0.2) is 0 Å². The molecule has 1 aliphatic rings. The van der Waals surface area contributed by atoms with E-state index in [1.807, 2.05) is 42.5 Å². The van der Waals surface area contributed by atoms with Gasteiger partial charge in [-0.05, 0) is 49.6 Å². The van der Waals surface area contributed by atoms with E-state index in [2.05, 4.69) is 32.2 Å². The first-order valence-electron chi connectivity index (χ1n) is 9.61. The second-order valence-corrected chi connectivity index (χ2v) is 7.58. The average Bonchev–Trinajstić information content (AvgIpc) is 3.17. The molecule has 2 aromatic carbocycles. The Kier molecular flexibility index (Phi) is 3.99. The summed E-state index contributed by atoms with van der Waals surface area (Å²) in [6.45, 7) is 2.26. The van der Waals surface area contributed by atoms with Crippen molar-refractivity contribution in [2.45, 2.75) is 31.8 Å². The molecule has 0 aliphatic heterocycles. The molecule has 2 aromatic heterocycles. The van der Waals surface area contributed by atoms with Gasteiger partial charge in [0.1, 0.15) is 5.69 Å². The predicted octanol–water partition coefficient (Wildman–Crippen LogP) is 3.10. The predicted molar refractivity (Wildman–Crippen MR) is 109 cm³/mol. The van der Waals surface area contributed by atoms with Crippen LogP contribution >= 0.6 is 0 Å². The molecular formula is C22H21N5O2. The topological polar surface area (TPSA) is 99.0 Å². The first-order valence-corrected chi connectivity index (χ1v) is 9.61. The van der Waals surface area contributed by atoms with Crippen molar-refractivity contribution < 1.29 is 9.32 Å². The van der Waals surface area contributed by atoms with Gasteiger partial charge in [0.05, 0.1) is 11.1 Å². The van der Waals surface area contributed by atoms with E-state index in [9.17, 15) is 4.79 Å². The molecule has 1 aliphatic carbocycles. The molecule has 7 heteroatoms. The fourth-order valence-corrected chi connectivity index (χ4v) is 3.47. The van der Waals surface area contributed by atoms with Gasteiger partial charge in [-0.15, -0.1) is 0 Å². The van der Waals surface area contributed by atoms with E-state index in [0.717, 1.165) is 40.7 Å². The van der Waals surface area contributed by atoms with Crippen LogP contribution in [-0.4, -0.2) is 26.2 Å². The van der Waals surface area contributed by atoms with Gasteiger partial charge in [-0.1, -0.05) is 35.5 Å². The Labute approximate surface area is 167 Å². The summed E-state index contributed by atoms with van der Waals surface area (Å²) in [5, 5.41) is 7.94. The number of para-hydroxylation sites is 1. The molecule has 0 atom stereocenters. The summed E-state index contributed by atoms with van der Waals surface area (Å²) >= 11 is 0. The summed E-state index contributed by atoms with van der Waals surface area (Å²) < 4.78 is 7.53. The number of aromatic nitrogens is 3. The highest BCUT2D eigenvalue weighted by Gasteiger charge is 2.45. The molecule has 5 rings (SSSR count). The quantitative estimate of drug-likeness (QED) is 0.548. The molecule has 1 saturated carbocycles. The van der Waals surface area contributed by atoms with Crippen LogP contribution in [0.25, 0.3) is 28.2 Å². The largest absolute Gasteiger partial charge is 0.350 e. The van der Waals surface area contributed by atoms with Crippen LogP contribution in [0.3, 0.4) is 0 Å². The Bertz CT molecular complexity index is 1200. The lowest BCUT2D eigenvalue weighted by Crippen LogP contribution is -2.42. The highest BCUT2D eigenvalue weighted by molar-refractivity contribution is 5.89. The molecule has 146 valence electrons. The molecule has 3 N–H and O–H groups in total. The molecule has 1 amide bonds. The van der Waals surface area contributed by atoms with E-state index < -0.39 is 5.54 Å². The van der Waals surface area contributed by atoms with Gasteiger partial charge in [-0.3, -0.25) is 4.79 Å². The SMILES string of the molecule is Cc1noc(-c2cc3ccccc3n2-c2ccc(CNC(=O)C3(N)CC3)cc2)n1. The Hall–Kier alpha value is -3.45. The van der Waals surface area contributed by atoms with Crippen molar-refractivity contribution in [2.24, 2.45) is 5.73 Å². The summed E-state index contributed by atoms with van der Waals surface area (Å²) in [7, 11) is 0. The number of hydrogen-bond donors (Lipinski definition) is 2. The maximum Gasteiger partial charge on any atom is 0.274 e. The van der Waals surface area contributed by atoms with Crippen molar-refractivity contribution in [2.75, 3.05) is 0 Å². The Morgan fingerprint density at radius 2 is 1.97 bits per heavy atom. The minimum atomic E-state index is -0.652. The number of nitrogens with zero attached hydrogens (tertiary/aromatic N) is 3. The average molecular weight is 387 g/mol. The van der Waals surface area contributed by atoms with Crippen molar-refractivity contribution in [1.29, 1.82) is 0 Å². The third-order valence-corrected chi connectivity index (χ3v) is 5.35. The van der Waals surface area contributed by atoms with E-state index in [1.165, 1.54) is 0 Å². The third kappa shape index (κ3) is 3.19. The fourth-order valence-electron chi connectivity index (χ4n) is 3.47. The van der Waals surface area contributed by atoms with Crippen LogP contribution in [0, 0.1) is 6.92 Å². The van der Waals surface area contributed by atoms with Gasteiger partial charge in [0.15, 0.2) is 5.82 Å². The Morgan fingerprint density at radius 1 is 1.21 bits per heavy atom. The molecule has 1 fully saturated rings. The second-order valence-electron chi connectivity index (χ2n) is 7.58. The summed E-state index contributed by atoms with van der Waals surface area (Å²) in [4.78, 5) is 16.4. The van der Waals surface area contributed by atoms with Gasteiger partial charge < -0.3 is 20.1 Å². The number of hydrogen-bond acceptors (Lipinski definition) is 5. The van der Waals surface area contributed by atoms with Gasteiger partial charge >= 0.3 is 0 Å². The maximum absolute atomic E-state index is 12.0. The number of nitrogens with two attached hydrogens (primary N) is 1. The summed E-state index contributed by atoms with van der Waals surface area (Å²) in [6, 6.07) is 18.2. The summed E-state index contributed by atoms with van der Waals surface area (Å²) in [5.41, 5.74) is 9.16.